The summed E-state index contributed by atoms with van der Waals surface area (Å²) in [5, 5.41) is 3.13. The van der Waals surface area contributed by atoms with Crippen molar-refractivity contribution in [1.29, 1.82) is 0 Å². The highest BCUT2D eigenvalue weighted by Gasteiger charge is 2.41. The largest absolute Gasteiger partial charge is 0.497 e. The van der Waals surface area contributed by atoms with E-state index in [9.17, 15) is 9.59 Å². The summed E-state index contributed by atoms with van der Waals surface area (Å²) in [5.41, 5.74) is 4.48. The fourth-order valence-electron chi connectivity index (χ4n) is 4.49. The van der Waals surface area contributed by atoms with Crippen LogP contribution in [0.2, 0.25) is 0 Å². The van der Waals surface area contributed by atoms with Crippen LogP contribution in [0.15, 0.2) is 66.7 Å². The van der Waals surface area contributed by atoms with Gasteiger partial charge in [0.25, 0.3) is 0 Å². The predicted octanol–water partition coefficient (Wildman–Crippen LogP) is 5.44. The third-order valence-electron chi connectivity index (χ3n) is 6.39. The molecular weight excluding hydrogens is 428 g/mol. The van der Waals surface area contributed by atoms with Gasteiger partial charge in [0.1, 0.15) is 11.5 Å². The van der Waals surface area contributed by atoms with E-state index in [0.717, 1.165) is 33.8 Å². The Balaban J connectivity index is 1.74. The van der Waals surface area contributed by atoms with Crippen molar-refractivity contribution >= 4 is 23.2 Å². The van der Waals surface area contributed by atoms with E-state index in [-0.39, 0.29) is 11.8 Å². The van der Waals surface area contributed by atoms with Crippen molar-refractivity contribution in [2.45, 2.75) is 32.7 Å². The molecule has 4 rings (SSSR count). The fourth-order valence-corrected chi connectivity index (χ4v) is 4.49. The number of rotatable bonds is 6. The maximum atomic E-state index is 13.6. The summed E-state index contributed by atoms with van der Waals surface area (Å²) in [4.78, 5) is 28.6. The van der Waals surface area contributed by atoms with Gasteiger partial charge in [-0.1, -0.05) is 24.3 Å². The summed E-state index contributed by atoms with van der Waals surface area (Å²) in [6.07, 6.45) is 0.766. The maximum absolute atomic E-state index is 13.6. The van der Waals surface area contributed by atoms with Gasteiger partial charge in [-0.2, -0.15) is 0 Å². The summed E-state index contributed by atoms with van der Waals surface area (Å²) in [5.74, 6) is 0.895. The lowest BCUT2D eigenvalue weighted by Gasteiger charge is -2.41. The predicted molar refractivity (Wildman–Crippen MR) is 133 cm³/mol. The number of carbonyl (C=O) groups is 2. The van der Waals surface area contributed by atoms with Gasteiger partial charge in [0.05, 0.1) is 26.2 Å². The second kappa shape index (κ2) is 10.00. The van der Waals surface area contributed by atoms with Crippen LogP contribution >= 0.6 is 0 Å². The third-order valence-corrected chi connectivity index (χ3v) is 6.39. The highest BCUT2D eigenvalue weighted by molar-refractivity contribution is 6.00. The SMILES string of the molecule is COc1ccc(C2C(C(=O)Nc3cc(C)ccc3C)CCC(=O)N2c2ccc(OC)cc2)cc1. The molecule has 1 N–H and O–H groups in total. The second-order valence-electron chi connectivity index (χ2n) is 8.63. The van der Waals surface area contributed by atoms with E-state index in [2.05, 4.69) is 5.32 Å². The molecule has 6 heteroatoms. The topological polar surface area (TPSA) is 67.9 Å². The van der Waals surface area contributed by atoms with Crippen LogP contribution in [0.3, 0.4) is 0 Å². The molecule has 2 amide bonds. The molecule has 3 aromatic carbocycles. The van der Waals surface area contributed by atoms with Crippen molar-refractivity contribution in [3.8, 4) is 11.5 Å². The first-order chi connectivity index (χ1) is 16.4. The Morgan fingerprint density at radius 1 is 0.912 bits per heavy atom. The lowest BCUT2D eigenvalue weighted by Crippen LogP contribution is -2.47. The Hall–Kier alpha value is -3.80. The van der Waals surface area contributed by atoms with Gasteiger partial charge in [-0.15, -0.1) is 0 Å². The van der Waals surface area contributed by atoms with Crippen LogP contribution in [-0.4, -0.2) is 26.0 Å². The van der Waals surface area contributed by atoms with E-state index in [1.165, 1.54) is 0 Å². The average molecular weight is 459 g/mol. The Labute approximate surface area is 200 Å². The van der Waals surface area contributed by atoms with Crippen LogP contribution in [-0.2, 0) is 9.59 Å². The zero-order chi connectivity index (χ0) is 24.2. The number of aryl methyl sites for hydroxylation is 2. The first-order valence-corrected chi connectivity index (χ1v) is 11.4. The van der Waals surface area contributed by atoms with Crippen molar-refractivity contribution in [1.82, 2.24) is 0 Å². The number of methoxy groups -OCH3 is 2. The van der Waals surface area contributed by atoms with Gasteiger partial charge in [-0.3, -0.25) is 9.59 Å². The van der Waals surface area contributed by atoms with Crippen molar-refractivity contribution < 1.29 is 19.1 Å². The number of hydrogen-bond acceptors (Lipinski definition) is 4. The minimum atomic E-state index is -0.453. The molecule has 2 atom stereocenters. The highest BCUT2D eigenvalue weighted by atomic mass is 16.5. The molecule has 0 aromatic heterocycles. The van der Waals surface area contributed by atoms with Gasteiger partial charge in [0.2, 0.25) is 11.8 Å². The molecule has 1 fully saturated rings. The van der Waals surface area contributed by atoms with Crippen LogP contribution in [0.4, 0.5) is 11.4 Å². The minimum absolute atomic E-state index is 0.0122. The summed E-state index contributed by atoms with van der Waals surface area (Å²) in [6.45, 7) is 3.98. The Morgan fingerprint density at radius 2 is 1.53 bits per heavy atom. The molecule has 176 valence electrons. The van der Waals surface area contributed by atoms with Crippen LogP contribution in [0, 0.1) is 19.8 Å². The lowest BCUT2D eigenvalue weighted by atomic mass is 9.83. The van der Waals surface area contributed by atoms with Gasteiger partial charge in [0.15, 0.2) is 0 Å². The number of nitrogens with one attached hydrogen (secondary N) is 1. The van der Waals surface area contributed by atoms with Gasteiger partial charge >= 0.3 is 0 Å². The third kappa shape index (κ3) is 4.76. The molecule has 2 unspecified atom stereocenters. The van der Waals surface area contributed by atoms with Crippen molar-refractivity contribution in [3.63, 3.8) is 0 Å². The molecule has 1 heterocycles. The van der Waals surface area contributed by atoms with Crippen LogP contribution in [0.25, 0.3) is 0 Å². The normalized spacial score (nSPS) is 17.9. The standard InChI is InChI=1S/C28H30N2O4/c1-18-5-6-19(2)25(17-18)29-28(32)24-15-16-26(31)30(21-9-13-23(34-4)14-10-21)27(24)20-7-11-22(33-3)12-8-20/h5-14,17,24,27H,15-16H2,1-4H3,(H,29,32). The van der Waals surface area contributed by atoms with Crippen molar-refractivity contribution in [2.75, 3.05) is 24.4 Å². The quantitative estimate of drug-likeness (QED) is 0.534. The molecule has 1 aliphatic heterocycles. The number of nitrogens with zero attached hydrogens (tertiary/aromatic N) is 1. The zero-order valence-electron chi connectivity index (χ0n) is 20.0. The zero-order valence-corrected chi connectivity index (χ0v) is 20.0. The highest BCUT2D eigenvalue weighted by Crippen LogP contribution is 2.41. The first kappa shape index (κ1) is 23.4. The summed E-state index contributed by atoms with van der Waals surface area (Å²) < 4.78 is 10.6. The Bertz CT molecular complexity index is 1170. The monoisotopic (exact) mass is 458 g/mol. The molecule has 0 bridgehead atoms. The smallest absolute Gasteiger partial charge is 0.229 e. The number of ether oxygens (including phenoxy) is 2. The van der Waals surface area contributed by atoms with E-state index in [0.29, 0.717) is 18.6 Å². The van der Waals surface area contributed by atoms with Crippen molar-refractivity contribution in [2.24, 2.45) is 5.92 Å². The van der Waals surface area contributed by atoms with Crippen molar-refractivity contribution in [3.05, 3.63) is 83.4 Å². The van der Waals surface area contributed by atoms with Gasteiger partial charge in [-0.05, 0) is 79.4 Å². The molecule has 0 saturated carbocycles. The molecule has 0 aliphatic carbocycles. The van der Waals surface area contributed by atoms with E-state index in [4.69, 9.17) is 9.47 Å². The molecule has 0 radical (unpaired) electrons. The Morgan fingerprint density at radius 3 is 2.15 bits per heavy atom. The van der Waals surface area contributed by atoms with E-state index >= 15 is 0 Å². The van der Waals surface area contributed by atoms with E-state index < -0.39 is 12.0 Å². The van der Waals surface area contributed by atoms with E-state index in [1.54, 1.807) is 19.1 Å². The number of amides is 2. The lowest BCUT2D eigenvalue weighted by molar-refractivity contribution is -0.125. The molecule has 1 aliphatic rings. The van der Waals surface area contributed by atoms with Crippen LogP contribution < -0.4 is 19.7 Å². The molecule has 0 spiro atoms. The summed E-state index contributed by atoms with van der Waals surface area (Å²) >= 11 is 0. The number of carbonyl (C=O) groups excluding carboxylic acids is 2. The number of piperidine rings is 1. The fraction of sp³-hybridized carbons (Fsp3) is 0.286. The summed E-state index contributed by atoms with van der Waals surface area (Å²) in [6, 6.07) is 20.5. The number of hydrogen-bond donors (Lipinski definition) is 1. The first-order valence-electron chi connectivity index (χ1n) is 11.4. The minimum Gasteiger partial charge on any atom is -0.497 e. The number of anilines is 2. The maximum Gasteiger partial charge on any atom is 0.229 e. The molecule has 3 aromatic rings. The molecule has 6 nitrogen and oxygen atoms in total. The molecule has 1 saturated heterocycles. The molecule has 34 heavy (non-hydrogen) atoms. The number of benzene rings is 3. The van der Waals surface area contributed by atoms with Gasteiger partial charge in [-0.25, -0.2) is 0 Å². The van der Waals surface area contributed by atoms with E-state index in [1.807, 2.05) is 80.6 Å². The van der Waals surface area contributed by atoms with Crippen LogP contribution in [0.1, 0.15) is 35.6 Å². The summed E-state index contributed by atoms with van der Waals surface area (Å²) in [7, 11) is 3.22. The van der Waals surface area contributed by atoms with Gasteiger partial charge in [0, 0.05) is 17.8 Å². The van der Waals surface area contributed by atoms with Crippen LogP contribution in [0.5, 0.6) is 11.5 Å². The molecular formula is C28H30N2O4. The average Bonchev–Trinajstić information content (AvgIpc) is 2.86. The second-order valence-corrected chi connectivity index (χ2v) is 8.63. The Kier molecular flexibility index (Phi) is 6.87. The van der Waals surface area contributed by atoms with Gasteiger partial charge < -0.3 is 19.7 Å².